The van der Waals surface area contributed by atoms with E-state index in [2.05, 4.69) is 5.32 Å². The summed E-state index contributed by atoms with van der Waals surface area (Å²) >= 11 is 0. The minimum atomic E-state index is -4.11. The van der Waals surface area contributed by atoms with Crippen molar-refractivity contribution in [1.29, 1.82) is 0 Å². The Labute approximate surface area is 103 Å². The maximum atomic E-state index is 12.4. The quantitative estimate of drug-likeness (QED) is 0.716. The average molecular weight is 254 g/mol. The smallest absolute Gasteiger partial charge is 0.316 e. The molecule has 0 amide bonds. The van der Waals surface area contributed by atoms with Crippen molar-refractivity contribution in [3.63, 3.8) is 0 Å². The van der Waals surface area contributed by atoms with Crippen LogP contribution < -0.4 is 5.32 Å². The Bertz CT molecular complexity index is 202. The summed E-state index contributed by atoms with van der Waals surface area (Å²) in [4.78, 5) is 1.50. The van der Waals surface area contributed by atoms with Gasteiger partial charge in [0.2, 0.25) is 0 Å². The first-order valence-electron chi connectivity index (χ1n) is 6.20. The van der Waals surface area contributed by atoms with Crippen molar-refractivity contribution in [3.05, 3.63) is 0 Å². The van der Waals surface area contributed by atoms with Crippen LogP contribution in [-0.2, 0) is 0 Å². The van der Waals surface area contributed by atoms with E-state index in [1.54, 1.807) is 0 Å². The first kappa shape index (κ1) is 16.7. The highest BCUT2D eigenvalue weighted by molar-refractivity contribution is 4.77. The van der Waals surface area contributed by atoms with Crippen molar-refractivity contribution in [2.75, 3.05) is 32.7 Å². The van der Waals surface area contributed by atoms with Crippen molar-refractivity contribution in [1.82, 2.24) is 10.2 Å². The van der Waals surface area contributed by atoms with E-state index in [4.69, 9.17) is 0 Å². The first-order valence-corrected chi connectivity index (χ1v) is 6.20. The van der Waals surface area contributed by atoms with Crippen molar-refractivity contribution >= 4 is 0 Å². The number of halogens is 3. The predicted octanol–water partition coefficient (Wildman–Crippen LogP) is 2.90. The molecule has 0 aromatic rings. The van der Waals surface area contributed by atoms with Gasteiger partial charge < -0.3 is 5.32 Å². The number of hydrogen-bond donors (Lipinski definition) is 1. The second-order valence-electron chi connectivity index (χ2n) is 5.27. The number of hydrogen-bond acceptors (Lipinski definition) is 2. The van der Waals surface area contributed by atoms with Gasteiger partial charge in [-0.05, 0) is 24.9 Å². The van der Waals surface area contributed by atoms with E-state index in [1.807, 2.05) is 27.7 Å². The minimum absolute atomic E-state index is 0.142. The molecule has 0 aliphatic rings. The number of alkyl halides is 3. The molecule has 0 aliphatic heterocycles. The van der Waals surface area contributed by atoms with Crippen molar-refractivity contribution in [2.45, 2.75) is 40.3 Å². The lowest BCUT2D eigenvalue weighted by atomic mass is 9.92. The third-order valence-electron chi connectivity index (χ3n) is 2.45. The highest BCUT2D eigenvalue weighted by Gasteiger charge is 2.32. The van der Waals surface area contributed by atoms with Gasteiger partial charge in [-0.15, -0.1) is 0 Å². The van der Waals surface area contributed by atoms with Gasteiger partial charge in [-0.3, -0.25) is 4.90 Å². The summed E-state index contributed by atoms with van der Waals surface area (Å²) in [7, 11) is 0. The van der Waals surface area contributed by atoms with Crippen molar-refractivity contribution in [2.24, 2.45) is 5.41 Å². The van der Waals surface area contributed by atoms with E-state index in [1.165, 1.54) is 4.90 Å². The molecule has 0 saturated heterocycles. The Morgan fingerprint density at radius 2 is 1.65 bits per heavy atom. The van der Waals surface area contributed by atoms with Crippen molar-refractivity contribution < 1.29 is 13.2 Å². The molecular weight excluding hydrogens is 229 g/mol. The average Bonchev–Trinajstić information content (AvgIpc) is 2.12. The zero-order valence-electron chi connectivity index (χ0n) is 11.3. The summed E-state index contributed by atoms with van der Waals surface area (Å²) in [6.07, 6.45) is -3.36. The standard InChI is InChI=1S/C12H25F3N2/c1-5-7-17(10-12(13,14)15)9-11(3,4)8-16-6-2/h16H,5-10H2,1-4H3. The molecule has 0 fully saturated rings. The summed E-state index contributed by atoms with van der Waals surface area (Å²) in [5.41, 5.74) is -0.142. The van der Waals surface area contributed by atoms with Gasteiger partial charge >= 0.3 is 6.18 Å². The van der Waals surface area contributed by atoms with Gasteiger partial charge in [0.1, 0.15) is 0 Å². The fraction of sp³-hybridized carbons (Fsp3) is 1.00. The number of rotatable bonds is 8. The normalized spacial score (nSPS) is 13.4. The maximum Gasteiger partial charge on any atom is 0.401 e. The molecule has 5 heteroatoms. The summed E-state index contributed by atoms with van der Waals surface area (Å²) in [6, 6.07) is 0. The molecular formula is C12H25F3N2. The first-order chi connectivity index (χ1) is 7.70. The molecule has 0 rings (SSSR count). The summed E-state index contributed by atoms with van der Waals surface area (Å²) < 4.78 is 37.2. The van der Waals surface area contributed by atoms with E-state index in [9.17, 15) is 13.2 Å². The van der Waals surface area contributed by atoms with Gasteiger partial charge in [-0.2, -0.15) is 13.2 Å². The van der Waals surface area contributed by atoms with Gasteiger partial charge in [-0.1, -0.05) is 27.7 Å². The second kappa shape index (κ2) is 7.21. The van der Waals surface area contributed by atoms with Crippen LogP contribution >= 0.6 is 0 Å². The fourth-order valence-corrected chi connectivity index (χ4v) is 1.91. The monoisotopic (exact) mass is 254 g/mol. The third kappa shape index (κ3) is 9.41. The maximum absolute atomic E-state index is 12.4. The number of nitrogens with one attached hydrogen (secondary N) is 1. The molecule has 0 spiro atoms. The lowest BCUT2D eigenvalue weighted by Gasteiger charge is -2.33. The molecule has 1 N–H and O–H groups in total. The minimum Gasteiger partial charge on any atom is -0.316 e. The summed E-state index contributed by atoms with van der Waals surface area (Å²) in [6.45, 7) is 9.62. The van der Waals surface area contributed by atoms with Gasteiger partial charge in [0.25, 0.3) is 0 Å². The van der Waals surface area contributed by atoms with Gasteiger partial charge in [-0.25, -0.2) is 0 Å². The van der Waals surface area contributed by atoms with Crippen LogP contribution in [0.15, 0.2) is 0 Å². The van der Waals surface area contributed by atoms with Crippen LogP contribution in [0.1, 0.15) is 34.1 Å². The van der Waals surface area contributed by atoms with Crippen LogP contribution in [-0.4, -0.2) is 43.8 Å². The molecule has 0 aromatic heterocycles. The van der Waals surface area contributed by atoms with E-state index < -0.39 is 12.7 Å². The molecule has 0 bridgehead atoms. The third-order valence-corrected chi connectivity index (χ3v) is 2.45. The second-order valence-corrected chi connectivity index (χ2v) is 5.27. The molecule has 17 heavy (non-hydrogen) atoms. The Morgan fingerprint density at radius 1 is 1.06 bits per heavy atom. The van der Waals surface area contributed by atoms with Crippen LogP contribution in [0.2, 0.25) is 0 Å². The summed E-state index contributed by atoms with van der Waals surface area (Å²) in [5.74, 6) is 0. The molecule has 0 saturated carbocycles. The molecule has 0 radical (unpaired) electrons. The van der Waals surface area contributed by atoms with Gasteiger partial charge in [0.15, 0.2) is 0 Å². The lowest BCUT2D eigenvalue weighted by molar-refractivity contribution is -0.148. The predicted molar refractivity (Wildman–Crippen MR) is 65.1 cm³/mol. The highest BCUT2D eigenvalue weighted by atomic mass is 19.4. The summed E-state index contributed by atoms with van der Waals surface area (Å²) in [5, 5.41) is 3.19. The van der Waals surface area contributed by atoms with Crippen LogP contribution in [0.25, 0.3) is 0 Å². The Hall–Kier alpha value is -0.290. The molecule has 2 nitrogen and oxygen atoms in total. The molecule has 0 unspecified atom stereocenters. The Morgan fingerprint density at radius 3 is 2.06 bits per heavy atom. The largest absolute Gasteiger partial charge is 0.401 e. The number of nitrogens with zero attached hydrogens (tertiary/aromatic N) is 1. The lowest BCUT2D eigenvalue weighted by Crippen LogP contribution is -2.44. The zero-order chi connectivity index (χ0) is 13.5. The fourth-order valence-electron chi connectivity index (χ4n) is 1.91. The van der Waals surface area contributed by atoms with Crippen LogP contribution in [0.5, 0.6) is 0 Å². The molecule has 0 aliphatic carbocycles. The SMILES string of the molecule is CCCN(CC(F)(F)F)CC(C)(C)CNCC. The van der Waals surface area contributed by atoms with E-state index in [0.29, 0.717) is 13.1 Å². The topological polar surface area (TPSA) is 15.3 Å². The van der Waals surface area contributed by atoms with E-state index >= 15 is 0 Å². The van der Waals surface area contributed by atoms with E-state index in [0.717, 1.165) is 19.5 Å². The van der Waals surface area contributed by atoms with Crippen LogP contribution in [0, 0.1) is 5.41 Å². The Kier molecular flexibility index (Phi) is 7.09. The van der Waals surface area contributed by atoms with Gasteiger partial charge in [0.05, 0.1) is 6.54 Å². The Balaban J connectivity index is 4.31. The van der Waals surface area contributed by atoms with Crippen LogP contribution in [0.4, 0.5) is 13.2 Å². The molecule has 0 heterocycles. The molecule has 104 valence electrons. The molecule has 0 aromatic carbocycles. The van der Waals surface area contributed by atoms with Gasteiger partial charge in [0, 0.05) is 13.1 Å². The van der Waals surface area contributed by atoms with E-state index in [-0.39, 0.29) is 5.41 Å². The van der Waals surface area contributed by atoms with Crippen LogP contribution in [0.3, 0.4) is 0 Å². The molecule has 0 atom stereocenters. The zero-order valence-corrected chi connectivity index (χ0v) is 11.3. The van der Waals surface area contributed by atoms with Crippen molar-refractivity contribution in [3.8, 4) is 0 Å². The highest BCUT2D eigenvalue weighted by Crippen LogP contribution is 2.21.